The minimum atomic E-state index is -3.82. The molecule has 8 nitrogen and oxygen atoms in total. The van der Waals surface area contributed by atoms with Crippen molar-refractivity contribution in [3.8, 4) is 16.9 Å². The lowest BCUT2D eigenvalue weighted by Gasteiger charge is -2.21. The second kappa shape index (κ2) is 9.24. The van der Waals surface area contributed by atoms with E-state index in [1.165, 1.54) is 36.8 Å². The Morgan fingerprint density at radius 2 is 2.00 bits per heavy atom. The highest BCUT2D eigenvalue weighted by atomic mass is 35.5. The molecule has 0 spiro atoms. The number of ether oxygens (including phenoxy) is 1. The van der Waals surface area contributed by atoms with E-state index in [2.05, 4.69) is 25.0 Å². The number of halogens is 3. The Balaban J connectivity index is 1.61. The molecule has 4 rings (SSSR count). The summed E-state index contributed by atoms with van der Waals surface area (Å²) in [6.45, 7) is 2.91. The lowest BCUT2D eigenvalue weighted by atomic mass is 10.0. The van der Waals surface area contributed by atoms with E-state index in [0.29, 0.717) is 36.6 Å². The van der Waals surface area contributed by atoms with E-state index in [4.69, 9.17) is 11.6 Å². The van der Waals surface area contributed by atoms with Crippen molar-refractivity contribution in [3.63, 3.8) is 0 Å². The van der Waals surface area contributed by atoms with Crippen LogP contribution in [0.3, 0.4) is 0 Å². The van der Waals surface area contributed by atoms with Gasteiger partial charge in [0.25, 0.3) is 5.91 Å². The lowest BCUT2D eigenvalue weighted by molar-refractivity contribution is -0.0964. The summed E-state index contributed by atoms with van der Waals surface area (Å²) in [5, 5.41) is 12.6. The zero-order valence-corrected chi connectivity index (χ0v) is 18.3. The van der Waals surface area contributed by atoms with Gasteiger partial charge in [-0.3, -0.25) is 4.79 Å². The molecule has 172 valence electrons. The monoisotopic (exact) mass is 475 g/mol. The van der Waals surface area contributed by atoms with Gasteiger partial charge in [-0.2, -0.15) is 0 Å². The molecule has 1 aliphatic rings. The van der Waals surface area contributed by atoms with Crippen LogP contribution in [0.25, 0.3) is 11.1 Å². The first-order valence-corrected chi connectivity index (χ1v) is 10.4. The molecule has 2 N–H and O–H groups in total. The number of aliphatic hydroxyl groups is 1. The largest absolute Gasteiger partial charge is 0.487 e. The molecule has 0 bridgehead atoms. The number of benzene rings is 1. The van der Waals surface area contributed by atoms with Gasteiger partial charge in [0.2, 0.25) is 0 Å². The molecule has 11 heteroatoms. The first-order valence-electron chi connectivity index (χ1n) is 10.1. The number of hydrogen-bond acceptors (Lipinski definition) is 7. The maximum atomic E-state index is 12.9. The molecule has 1 fully saturated rings. The third-order valence-electron chi connectivity index (χ3n) is 5.14. The summed E-state index contributed by atoms with van der Waals surface area (Å²) >= 11 is 4.76. The molecular formula is C22H20ClF2N5O3. The van der Waals surface area contributed by atoms with Gasteiger partial charge in [0.05, 0.1) is 11.7 Å². The maximum Gasteiger partial charge on any atom is 0.487 e. The molecule has 33 heavy (non-hydrogen) atoms. The van der Waals surface area contributed by atoms with E-state index in [1.54, 1.807) is 12.3 Å². The second-order valence-corrected chi connectivity index (χ2v) is 7.97. The SMILES string of the molecule is Cc1ncncc1-c1cc(C(=O)Nc2ccc(OC(F)(F)Cl)cc2)cnc1N1CC[C@@H](O)C1. The number of anilines is 2. The van der Waals surface area contributed by atoms with Gasteiger partial charge in [-0.05, 0) is 43.7 Å². The van der Waals surface area contributed by atoms with Gasteiger partial charge in [0.1, 0.15) is 17.9 Å². The molecule has 1 aliphatic heterocycles. The Morgan fingerprint density at radius 1 is 1.24 bits per heavy atom. The summed E-state index contributed by atoms with van der Waals surface area (Å²) in [6, 6.07) is 7.06. The van der Waals surface area contributed by atoms with Crippen molar-refractivity contribution in [3.05, 3.63) is 60.3 Å². The number of rotatable bonds is 6. The smallest absolute Gasteiger partial charge is 0.420 e. The van der Waals surface area contributed by atoms with Gasteiger partial charge < -0.3 is 20.1 Å². The summed E-state index contributed by atoms with van der Waals surface area (Å²) in [5.41, 5.74) is -1.05. The number of carbonyl (C=O) groups excluding carboxylic acids is 1. The van der Waals surface area contributed by atoms with Gasteiger partial charge >= 0.3 is 5.57 Å². The zero-order chi connectivity index (χ0) is 23.6. The predicted octanol–water partition coefficient (Wildman–Crippen LogP) is 3.84. The number of amides is 1. The van der Waals surface area contributed by atoms with E-state index in [0.717, 1.165) is 11.3 Å². The van der Waals surface area contributed by atoms with Crippen molar-refractivity contribution in [2.24, 2.45) is 0 Å². The van der Waals surface area contributed by atoms with Crippen molar-refractivity contribution in [2.45, 2.75) is 25.0 Å². The van der Waals surface area contributed by atoms with Crippen molar-refractivity contribution in [2.75, 3.05) is 23.3 Å². The van der Waals surface area contributed by atoms with Crippen LogP contribution in [-0.4, -0.2) is 50.7 Å². The van der Waals surface area contributed by atoms with Gasteiger partial charge in [-0.1, -0.05) is 0 Å². The minimum absolute atomic E-state index is 0.145. The Hall–Kier alpha value is -3.37. The first kappa shape index (κ1) is 22.8. The highest BCUT2D eigenvalue weighted by Crippen LogP contribution is 2.33. The number of β-amino-alcohol motifs (C(OH)–C–C–N with tert-alkyl or cyclic N) is 1. The Morgan fingerprint density at radius 3 is 2.64 bits per heavy atom. The molecule has 0 aliphatic carbocycles. The molecule has 1 atom stereocenters. The third-order valence-corrected chi connectivity index (χ3v) is 5.22. The zero-order valence-electron chi connectivity index (χ0n) is 17.5. The molecule has 3 aromatic rings. The molecule has 1 saturated heterocycles. The fourth-order valence-electron chi connectivity index (χ4n) is 3.56. The fourth-order valence-corrected chi connectivity index (χ4v) is 3.65. The highest BCUT2D eigenvalue weighted by molar-refractivity contribution is 6.20. The topological polar surface area (TPSA) is 100 Å². The van der Waals surface area contributed by atoms with Gasteiger partial charge in [0, 0.05) is 59.6 Å². The van der Waals surface area contributed by atoms with Crippen molar-refractivity contribution in [1.29, 1.82) is 0 Å². The number of hydrogen-bond donors (Lipinski definition) is 2. The Labute approximate surface area is 193 Å². The van der Waals surface area contributed by atoms with Crippen LogP contribution >= 0.6 is 11.6 Å². The quantitative estimate of drug-likeness (QED) is 0.522. The van der Waals surface area contributed by atoms with Crippen LogP contribution in [0.1, 0.15) is 22.5 Å². The van der Waals surface area contributed by atoms with Crippen molar-refractivity contribution in [1.82, 2.24) is 15.0 Å². The van der Waals surface area contributed by atoms with E-state index < -0.39 is 17.6 Å². The number of nitrogens with one attached hydrogen (secondary N) is 1. The van der Waals surface area contributed by atoms with Crippen LogP contribution in [0.15, 0.2) is 49.1 Å². The van der Waals surface area contributed by atoms with Crippen molar-refractivity contribution < 1.29 is 23.4 Å². The molecule has 0 unspecified atom stereocenters. The Kier molecular flexibility index (Phi) is 6.39. The Bertz CT molecular complexity index is 1160. The first-order chi connectivity index (χ1) is 15.7. The highest BCUT2D eigenvalue weighted by Gasteiger charge is 2.28. The lowest BCUT2D eigenvalue weighted by Crippen LogP contribution is -2.23. The molecule has 0 radical (unpaired) electrons. The van der Waals surface area contributed by atoms with Gasteiger partial charge in [-0.25, -0.2) is 15.0 Å². The summed E-state index contributed by atoms with van der Waals surface area (Å²) in [6.07, 6.45) is 4.73. The number of carbonyl (C=O) groups is 1. The van der Waals surface area contributed by atoms with E-state index in [1.807, 2.05) is 11.8 Å². The summed E-state index contributed by atoms with van der Waals surface area (Å²) in [7, 11) is 0. The molecule has 0 saturated carbocycles. The third kappa shape index (κ3) is 5.52. The van der Waals surface area contributed by atoms with Gasteiger partial charge in [-0.15, -0.1) is 8.78 Å². The number of aliphatic hydroxyl groups excluding tert-OH is 1. The molecular weight excluding hydrogens is 456 g/mol. The fraction of sp³-hybridized carbons (Fsp3) is 0.273. The molecule has 3 heterocycles. The maximum absolute atomic E-state index is 12.9. The normalized spacial score (nSPS) is 16.0. The number of pyridine rings is 1. The number of nitrogens with zero attached hydrogens (tertiary/aromatic N) is 4. The number of aryl methyl sites for hydroxylation is 1. The van der Waals surface area contributed by atoms with Crippen LogP contribution in [0.2, 0.25) is 0 Å². The van der Waals surface area contributed by atoms with Crippen LogP contribution in [0.4, 0.5) is 20.3 Å². The summed E-state index contributed by atoms with van der Waals surface area (Å²) in [4.78, 5) is 27.7. The molecule has 2 aromatic heterocycles. The average molecular weight is 476 g/mol. The van der Waals surface area contributed by atoms with Gasteiger partial charge in [0.15, 0.2) is 0 Å². The van der Waals surface area contributed by atoms with E-state index in [9.17, 15) is 18.7 Å². The van der Waals surface area contributed by atoms with Crippen LogP contribution < -0.4 is 15.0 Å². The second-order valence-electron chi connectivity index (χ2n) is 7.53. The summed E-state index contributed by atoms with van der Waals surface area (Å²) in [5.74, 6) is 0.0424. The molecule has 1 amide bonds. The van der Waals surface area contributed by atoms with Crippen LogP contribution in [0, 0.1) is 6.92 Å². The standard InChI is InChI=1S/C22H20ClF2N5O3/c1-13-19(10-26-12-28-13)18-8-14(9-27-20(18)30-7-6-16(31)11-30)21(32)29-15-2-4-17(5-3-15)33-22(23,24)25/h2-5,8-10,12,16,31H,6-7,11H2,1H3,(H,29,32)/t16-/m1/s1. The minimum Gasteiger partial charge on any atom is -0.420 e. The predicted molar refractivity (Wildman–Crippen MR) is 119 cm³/mol. The number of alkyl halides is 3. The van der Waals surface area contributed by atoms with Crippen LogP contribution in [0.5, 0.6) is 5.75 Å². The average Bonchev–Trinajstić information content (AvgIpc) is 3.20. The summed E-state index contributed by atoms with van der Waals surface area (Å²) < 4.78 is 29.8. The molecule has 1 aromatic carbocycles. The number of aromatic nitrogens is 3. The van der Waals surface area contributed by atoms with E-state index >= 15 is 0 Å². The van der Waals surface area contributed by atoms with Crippen LogP contribution in [-0.2, 0) is 0 Å². The van der Waals surface area contributed by atoms with Crippen molar-refractivity contribution >= 4 is 29.0 Å². The van der Waals surface area contributed by atoms with E-state index in [-0.39, 0.29) is 11.3 Å².